The van der Waals surface area contributed by atoms with Crippen molar-refractivity contribution < 1.29 is 4.74 Å². The minimum atomic E-state index is 0.214. The van der Waals surface area contributed by atoms with Gasteiger partial charge in [-0.2, -0.15) is 0 Å². The van der Waals surface area contributed by atoms with Gasteiger partial charge in [0.25, 0.3) is 0 Å². The van der Waals surface area contributed by atoms with Crippen molar-refractivity contribution in [1.29, 1.82) is 0 Å². The summed E-state index contributed by atoms with van der Waals surface area (Å²) in [6.07, 6.45) is 0.214. The zero-order valence-electron chi connectivity index (χ0n) is 8.83. The summed E-state index contributed by atoms with van der Waals surface area (Å²) in [6, 6.07) is 8.40. The lowest BCUT2D eigenvalue weighted by Crippen LogP contribution is -2.14. The number of anilines is 1. The lowest BCUT2D eigenvalue weighted by Gasteiger charge is -2.16. The van der Waals surface area contributed by atoms with Crippen LogP contribution in [-0.2, 0) is 0 Å². The summed E-state index contributed by atoms with van der Waals surface area (Å²) in [7, 11) is 1.95. The number of ether oxygens (including phenoxy) is 1. The summed E-state index contributed by atoms with van der Waals surface area (Å²) in [6.45, 7) is 4.03. The van der Waals surface area contributed by atoms with Gasteiger partial charge < -0.3 is 9.64 Å². The second-order valence-electron chi connectivity index (χ2n) is 3.48. The second kappa shape index (κ2) is 5.11. The first-order chi connectivity index (χ1) is 6.63. The van der Waals surface area contributed by atoms with Gasteiger partial charge in [-0.05, 0) is 38.1 Å². The highest BCUT2D eigenvalue weighted by molar-refractivity contribution is 6.18. The zero-order valence-corrected chi connectivity index (χ0v) is 9.58. The largest absolute Gasteiger partial charge is 0.491 e. The first-order valence-corrected chi connectivity index (χ1v) is 5.20. The zero-order chi connectivity index (χ0) is 10.6. The number of benzene rings is 1. The van der Waals surface area contributed by atoms with Crippen LogP contribution in [0.1, 0.15) is 13.8 Å². The van der Waals surface area contributed by atoms with E-state index in [0.717, 1.165) is 11.4 Å². The molecule has 0 bridgehead atoms. The molecular weight excluding hydrogens is 198 g/mol. The van der Waals surface area contributed by atoms with Crippen LogP contribution in [0.2, 0.25) is 0 Å². The Morgan fingerprint density at radius 1 is 1.29 bits per heavy atom. The smallest absolute Gasteiger partial charge is 0.119 e. The van der Waals surface area contributed by atoms with Gasteiger partial charge in [0.2, 0.25) is 0 Å². The highest BCUT2D eigenvalue weighted by atomic mass is 35.5. The van der Waals surface area contributed by atoms with E-state index in [-0.39, 0.29) is 6.10 Å². The molecule has 2 nitrogen and oxygen atoms in total. The lowest BCUT2D eigenvalue weighted by atomic mass is 10.3. The van der Waals surface area contributed by atoms with E-state index in [1.807, 2.05) is 50.1 Å². The predicted octanol–water partition coefficient (Wildman–Crippen LogP) is 3.11. The van der Waals surface area contributed by atoms with Crippen LogP contribution in [0.15, 0.2) is 24.3 Å². The fourth-order valence-electron chi connectivity index (χ4n) is 1.12. The Hall–Kier alpha value is -0.890. The van der Waals surface area contributed by atoms with Crippen molar-refractivity contribution in [2.45, 2.75) is 20.0 Å². The highest BCUT2D eigenvalue weighted by Gasteiger charge is 2.00. The van der Waals surface area contributed by atoms with E-state index in [1.54, 1.807) is 0 Å². The lowest BCUT2D eigenvalue weighted by molar-refractivity contribution is 0.242. The Morgan fingerprint density at radius 3 is 2.29 bits per heavy atom. The van der Waals surface area contributed by atoms with Crippen LogP contribution >= 0.6 is 11.6 Å². The van der Waals surface area contributed by atoms with E-state index in [0.29, 0.717) is 6.00 Å². The van der Waals surface area contributed by atoms with Gasteiger partial charge in [-0.1, -0.05) is 0 Å². The molecule has 1 rings (SSSR count). The molecule has 0 heterocycles. The molecule has 0 unspecified atom stereocenters. The number of nitrogens with zero attached hydrogens (tertiary/aromatic N) is 1. The van der Waals surface area contributed by atoms with E-state index in [4.69, 9.17) is 16.3 Å². The quantitative estimate of drug-likeness (QED) is 0.563. The molecule has 0 aliphatic rings. The van der Waals surface area contributed by atoms with Crippen LogP contribution in [0.25, 0.3) is 0 Å². The standard InChI is InChI=1S/C11H16ClNO/c1-9(2)14-11-6-4-10(5-7-11)13(3)8-12/h4-7,9H,8H2,1-3H3. The third-order valence-electron chi connectivity index (χ3n) is 1.83. The van der Waals surface area contributed by atoms with Crippen LogP contribution in [0.4, 0.5) is 5.69 Å². The van der Waals surface area contributed by atoms with Crippen molar-refractivity contribution in [3.63, 3.8) is 0 Å². The molecule has 3 heteroatoms. The first-order valence-electron chi connectivity index (χ1n) is 4.67. The number of hydrogen-bond acceptors (Lipinski definition) is 2. The third kappa shape index (κ3) is 3.11. The van der Waals surface area contributed by atoms with E-state index in [2.05, 4.69) is 0 Å². The van der Waals surface area contributed by atoms with Gasteiger partial charge in [0.15, 0.2) is 0 Å². The van der Waals surface area contributed by atoms with Gasteiger partial charge >= 0.3 is 0 Å². The van der Waals surface area contributed by atoms with Gasteiger partial charge in [0.05, 0.1) is 12.1 Å². The predicted molar refractivity (Wildman–Crippen MR) is 61.3 cm³/mol. The summed E-state index contributed by atoms with van der Waals surface area (Å²) < 4.78 is 5.53. The summed E-state index contributed by atoms with van der Waals surface area (Å²) >= 11 is 5.71. The molecule has 78 valence electrons. The number of rotatable bonds is 4. The normalized spacial score (nSPS) is 10.4. The van der Waals surface area contributed by atoms with Gasteiger partial charge in [-0.3, -0.25) is 0 Å². The van der Waals surface area contributed by atoms with Crippen LogP contribution < -0.4 is 9.64 Å². The molecule has 0 atom stereocenters. The minimum absolute atomic E-state index is 0.214. The Labute approximate surface area is 90.4 Å². The van der Waals surface area contributed by atoms with Gasteiger partial charge in [-0.25, -0.2) is 0 Å². The van der Waals surface area contributed by atoms with E-state index >= 15 is 0 Å². The molecule has 1 aromatic rings. The number of hydrogen-bond donors (Lipinski definition) is 0. The SMILES string of the molecule is CC(C)Oc1ccc(N(C)CCl)cc1. The fourth-order valence-corrected chi connectivity index (χ4v) is 1.26. The van der Waals surface area contributed by atoms with Crippen molar-refractivity contribution in [2.24, 2.45) is 0 Å². The number of halogens is 1. The second-order valence-corrected chi connectivity index (χ2v) is 3.72. The first kappa shape index (κ1) is 11.2. The van der Waals surface area contributed by atoms with Gasteiger partial charge in [0, 0.05) is 12.7 Å². The highest BCUT2D eigenvalue weighted by Crippen LogP contribution is 2.19. The Balaban J connectivity index is 2.68. The summed E-state index contributed by atoms with van der Waals surface area (Å²) in [5.41, 5.74) is 1.09. The molecule has 0 aliphatic heterocycles. The molecule has 0 saturated heterocycles. The molecular formula is C11H16ClNO. The van der Waals surface area contributed by atoms with Crippen LogP contribution in [0.5, 0.6) is 5.75 Å². The Morgan fingerprint density at radius 2 is 1.86 bits per heavy atom. The number of alkyl halides is 1. The van der Waals surface area contributed by atoms with E-state index < -0.39 is 0 Å². The fraction of sp³-hybridized carbons (Fsp3) is 0.455. The average Bonchev–Trinajstić information content (AvgIpc) is 2.17. The molecule has 1 aromatic carbocycles. The monoisotopic (exact) mass is 213 g/mol. The van der Waals surface area contributed by atoms with Crippen molar-refractivity contribution in [3.05, 3.63) is 24.3 Å². The molecule has 0 saturated carbocycles. The average molecular weight is 214 g/mol. The molecule has 14 heavy (non-hydrogen) atoms. The Bertz CT molecular complexity index is 271. The van der Waals surface area contributed by atoms with Crippen LogP contribution in [-0.4, -0.2) is 19.2 Å². The minimum Gasteiger partial charge on any atom is -0.491 e. The van der Waals surface area contributed by atoms with Crippen molar-refractivity contribution in [3.8, 4) is 5.75 Å². The molecule has 0 N–H and O–H groups in total. The maximum Gasteiger partial charge on any atom is 0.119 e. The summed E-state index contributed by atoms with van der Waals surface area (Å²) in [5.74, 6) is 0.895. The molecule has 0 fully saturated rings. The van der Waals surface area contributed by atoms with Gasteiger partial charge in [0.1, 0.15) is 5.75 Å². The van der Waals surface area contributed by atoms with Crippen molar-refractivity contribution >= 4 is 17.3 Å². The van der Waals surface area contributed by atoms with E-state index in [1.165, 1.54) is 0 Å². The van der Waals surface area contributed by atoms with Gasteiger partial charge in [-0.15, -0.1) is 11.6 Å². The molecule has 0 aliphatic carbocycles. The maximum atomic E-state index is 5.71. The van der Waals surface area contributed by atoms with E-state index in [9.17, 15) is 0 Å². The maximum absolute atomic E-state index is 5.71. The molecule has 0 radical (unpaired) electrons. The third-order valence-corrected chi connectivity index (χ3v) is 2.19. The van der Waals surface area contributed by atoms with Crippen molar-refractivity contribution in [2.75, 3.05) is 18.0 Å². The molecule has 0 aromatic heterocycles. The van der Waals surface area contributed by atoms with Crippen molar-refractivity contribution in [1.82, 2.24) is 0 Å². The molecule has 0 amide bonds. The topological polar surface area (TPSA) is 12.5 Å². The molecule has 0 spiro atoms. The summed E-state index contributed by atoms with van der Waals surface area (Å²) in [4.78, 5) is 1.96. The summed E-state index contributed by atoms with van der Waals surface area (Å²) in [5, 5.41) is 0. The van der Waals surface area contributed by atoms with Crippen LogP contribution in [0, 0.1) is 0 Å². The Kier molecular flexibility index (Phi) is 4.08. The van der Waals surface area contributed by atoms with Crippen LogP contribution in [0.3, 0.4) is 0 Å².